The Morgan fingerprint density at radius 1 is 0.964 bits per heavy atom. The number of benzene rings is 2. The highest BCUT2D eigenvalue weighted by molar-refractivity contribution is 7.89. The van der Waals surface area contributed by atoms with Crippen molar-refractivity contribution in [2.24, 2.45) is 0 Å². The van der Waals surface area contributed by atoms with Gasteiger partial charge in [-0.3, -0.25) is 9.59 Å². The SMILES string of the molecule is CCN(CC)S(=O)(=O)c1ccc(Cl)c(C(=O)Nc2ccc(NC(C)=O)cc2)c1. The fraction of sp³-hybridized carbons (Fsp3) is 0.263. The Kier molecular flexibility index (Phi) is 7.17. The van der Waals surface area contributed by atoms with E-state index in [0.717, 1.165) is 0 Å². The first-order valence-corrected chi connectivity index (χ1v) is 10.5. The summed E-state index contributed by atoms with van der Waals surface area (Å²) in [7, 11) is -3.71. The van der Waals surface area contributed by atoms with Crippen LogP contribution in [-0.4, -0.2) is 37.6 Å². The van der Waals surface area contributed by atoms with E-state index in [1.54, 1.807) is 38.1 Å². The number of carbonyl (C=O) groups excluding carboxylic acids is 2. The fourth-order valence-corrected chi connectivity index (χ4v) is 4.28. The lowest BCUT2D eigenvalue weighted by Crippen LogP contribution is -2.30. The third kappa shape index (κ3) is 5.09. The van der Waals surface area contributed by atoms with Crippen molar-refractivity contribution in [2.75, 3.05) is 23.7 Å². The smallest absolute Gasteiger partial charge is 0.257 e. The van der Waals surface area contributed by atoms with Crippen molar-refractivity contribution in [1.29, 1.82) is 0 Å². The van der Waals surface area contributed by atoms with Gasteiger partial charge in [-0.15, -0.1) is 0 Å². The van der Waals surface area contributed by atoms with Gasteiger partial charge in [-0.1, -0.05) is 25.4 Å². The van der Waals surface area contributed by atoms with Crippen LogP contribution in [0.3, 0.4) is 0 Å². The predicted octanol–water partition coefficient (Wildman–Crippen LogP) is 3.58. The van der Waals surface area contributed by atoms with E-state index in [4.69, 9.17) is 11.6 Å². The Morgan fingerprint density at radius 3 is 2.00 bits per heavy atom. The van der Waals surface area contributed by atoms with Crippen LogP contribution in [0.4, 0.5) is 11.4 Å². The van der Waals surface area contributed by atoms with Gasteiger partial charge in [0, 0.05) is 31.4 Å². The van der Waals surface area contributed by atoms with E-state index in [9.17, 15) is 18.0 Å². The van der Waals surface area contributed by atoms with Gasteiger partial charge in [-0.2, -0.15) is 4.31 Å². The lowest BCUT2D eigenvalue weighted by Gasteiger charge is -2.19. The second-order valence-corrected chi connectivity index (χ2v) is 8.29. The summed E-state index contributed by atoms with van der Waals surface area (Å²) in [6, 6.07) is 10.6. The zero-order chi connectivity index (χ0) is 20.9. The summed E-state index contributed by atoms with van der Waals surface area (Å²) in [5, 5.41) is 5.44. The van der Waals surface area contributed by atoms with Crippen LogP contribution in [0.2, 0.25) is 5.02 Å². The molecule has 0 radical (unpaired) electrons. The molecule has 0 aliphatic rings. The molecule has 0 aliphatic heterocycles. The number of carbonyl (C=O) groups is 2. The summed E-state index contributed by atoms with van der Waals surface area (Å²) in [5.74, 6) is -0.733. The van der Waals surface area contributed by atoms with Gasteiger partial charge < -0.3 is 10.6 Å². The number of amides is 2. The van der Waals surface area contributed by atoms with Crippen LogP contribution in [0.1, 0.15) is 31.1 Å². The summed E-state index contributed by atoms with van der Waals surface area (Å²) < 4.78 is 26.7. The quantitative estimate of drug-likeness (QED) is 0.711. The van der Waals surface area contributed by atoms with E-state index in [1.807, 2.05) is 0 Å². The molecule has 2 aromatic carbocycles. The van der Waals surface area contributed by atoms with Gasteiger partial charge in [-0.05, 0) is 42.5 Å². The van der Waals surface area contributed by atoms with Gasteiger partial charge in [0.15, 0.2) is 0 Å². The van der Waals surface area contributed by atoms with Gasteiger partial charge in [0.1, 0.15) is 0 Å². The molecule has 0 spiro atoms. The first-order chi connectivity index (χ1) is 13.2. The average molecular weight is 424 g/mol. The number of sulfonamides is 1. The van der Waals surface area contributed by atoms with Crippen LogP contribution < -0.4 is 10.6 Å². The maximum atomic E-state index is 12.7. The van der Waals surface area contributed by atoms with E-state index in [1.165, 1.54) is 29.4 Å². The van der Waals surface area contributed by atoms with Crippen molar-refractivity contribution in [1.82, 2.24) is 4.31 Å². The summed E-state index contributed by atoms with van der Waals surface area (Å²) in [6.45, 7) is 5.54. The van der Waals surface area contributed by atoms with Gasteiger partial charge in [-0.25, -0.2) is 8.42 Å². The molecule has 2 amide bonds. The standard InChI is InChI=1S/C19H22ClN3O4S/c1-4-23(5-2)28(26,27)16-10-11-18(20)17(12-16)19(25)22-15-8-6-14(7-9-15)21-13(3)24/h6-12H,4-5H2,1-3H3,(H,21,24)(H,22,25). The van der Waals surface area contributed by atoms with E-state index in [-0.39, 0.29) is 21.4 Å². The van der Waals surface area contributed by atoms with Crippen molar-refractivity contribution >= 4 is 44.8 Å². The molecular weight excluding hydrogens is 402 g/mol. The lowest BCUT2D eigenvalue weighted by atomic mass is 10.2. The molecule has 0 bridgehead atoms. The highest BCUT2D eigenvalue weighted by atomic mass is 35.5. The van der Waals surface area contributed by atoms with Crippen molar-refractivity contribution in [3.8, 4) is 0 Å². The highest BCUT2D eigenvalue weighted by Gasteiger charge is 2.24. The molecule has 150 valence electrons. The number of anilines is 2. The van der Waals surface area contributed by atoms with Crippen LogP contribution in [-0.2, 0) is 14.8 Å². The summed E-state index contributed by atoms with van der Waals surface area (Å²) in [5.41, 5.74) is 1.13. The minimum Gasteiger partial charge on any atom is -0.326 e. The van der Waals surface area contributed by atoms with Crippen molar-refractivity contribution in [3.63, 3.8) is 0 Å². The number of nitrogens with one attached hydrogen (secondary N) is 2. The Morgan fingerprint density at radius 2 is 1.50 bits per heavy atom. The molecule has 0 fully saturated rings. The lowest BCUT2D eigenvalue weighted by molar-refractivity contribution is -0.114. The maximum Gasteiger partial charge on any atom is 0.257 e. The molecule has 2 aromatic rings. The normalized spacial score (nSPS) is 11.3. The summed E-state index contributed by atoms with van der Waals surface area (Å²) in [6.07, 6.45) is 0. The molecular formula is C19H22ClN3O4S. The Balaban J connectivity index is 2.27. The Labute approximate surface area is 169 Å². The molecule has 0 saturated heterocycles. The van der Waals surface area contributed by atoms with Crippen LogP contribution in [0, 0.1) is 0 Å². The predicted molar refractivity (Wildman–Crippen MR) is 110 cm³/mol. The van der Waals surface area contributed by atoms with Crippen LogP contribution in [0.15, 0.2) is 47.4 Å². The minimum absolute atomic E-state index is 0.00626. The third-order valence-corrected chi connectivity index (χ3v) is 6.36. The topological polar surface area (TPSA) is 95.6 Å². The van der Waals surface area contributed by atoms with Crippen molar-refractivity contribution < 1.29 is 18.0 Å². The molecule has 28 heavy (non-hydrogen) atoms. The summed E-state index contributed by atoms with van der Waals surface area (Å²) >= 11 is 6.12. The molecule has 0 aromatic heterocycles. The van der Waals surface area contributed by atoms with Crippen LogP contribution in [0.5, 0.6) is 0 Å². The van der Waals surface area contributed by atoms with E-state index in [0.29, 0.717) is 24.5 Å². The average Bonchev–Trinajstić information content (AvgIpc) is 2.63. The number of nitrogens with zero attached hydrogens (tertiary/aromatic N) is 1. The Bertz CT molecular complexity index is 971. The number of hydrogen-bond acceptors (Lipinski definition) is 4. The number of hydrogen-bond donors (Lipinski definition) is 2. The number of rotatable bonds is 7. The van der Waals surface area contributed by atoms with Crippen molar-refractivity contribution in [3.05, 3.63) is 53.1 Å². The largest absolute Gasteiger partial charge is 0.326 e. The molecule has 2 N–H and O–H groups in total. The molecule has 0 heterocycles. The van der Waals surface area contributed by atoms with Crippen LogP contribution >= 0.6 is 11.6 Å². The molecule has 0 unspecified atom stereocenters. The molecule has 2 rings (SSSR count). The monoisotopic (exact) mass is 423 g/mol. The third-order valence-electron chi connectivity index (χ3n) is 3.99. The van der Waals surface area contributed by atoms with Gasteiger partial charge >= 0.3 is 0 Å². The second kappa shape index (κ2) is 9.18. The minimum atomic E-state index is -3.71. The summed E-state index contributed by atoms with van der Waals surface area (Å²) in [4.78, 5) is 23.7. The molecule has 0 aliphatic carbocycles. The van der Waals surface area contributed by atoms with E-state index >= 15 is 0 Å². The van der Waals surface area contributed by atoms with Crippen LogP contribution in [0.25, 0.3) is 0 Å². The first-order valence-electron chi connectivity index (χ1n) is 8.67. The first kappa shape index (κ1) is 21.9. The van der Waals surface area contributed by atoms with E-state index < -0.39 is 15.9 Å². The van der Waals surface area contributed by atoms with Crippen molar-refractivity contribution in [2.45, 2.75) is 25.7 Å². The zero-order valence-electron chi connectivity index (χ0n) is 15.8. The van der Waals surface area contributed by atoms with E-state index in [2.05, 4.69) is 10.6 Å². The Hall–Kier alpha value is -2.42. The number of halogens is 1. The van der Waals surface area contributed by atoms with Gasteiger partial charge in [0.2, 0.25) is 15.9 Å². The molecule has 7 nitrogen and oxygen atoms in total. The second-order valence-electron chi connectivity index (χ2n) is 5.94. The maximum absolute atomic E-state index is 12.7. The fourth-order valence-electron chi connectivity index (χ4n) is 2.59. The molecule has 9 heteroatoms. The molecule has 0 saturated carbocycles. The molecule has 0 atom stereocenters. The van der Waals surface area contributed by atoms with Gasteiger partial charge in [0.25, 0.3) is 5.91 Å². The highest BCUT2D eigenvalue weighted by Crippen LogP contribution is 2.24. The van der Waals surface area contributed by atoms with Gasteiger partial charge in [0.05, 0.1) is 15.5 Å². The zero-order valence-corrected chi connectivity index (χ0v) is 17.4.